The Bertz CT molecular complexity index is 1240. The maximum atomic E-state index is 13.5. The van der Waals surface area contributed by atoms with Gasteiger partial charge in [0.1, 0.15) is 17.2 Å². The molecule has 1 aliphatic heterocycles. The Morgan fingerprint density at radius 3 is 2.25 bits per heavy atom. The van der Waals surface area contributed by atoms with Gasteiger partial charge in [0.15, 0.2) is 0 Å². The van der Waals surface area contributed by atoms with Crippen LogP contribution in [0.4, 0.5) is 11.4 Å². The highest BCUT2D eigenvalue weighted by Gasteiger charge is 2.40. The second kappa shape index (κ2) is 8.94. The molecular formula is C24H18Cl2N2O4. The van der Waals surface area contributed by atoms with Crippen LogP contribution in [0.5, 0.6) is 11.5 Å². The third kappa shape index (κ3) is 4.02. The Morgan fingerprint density at radius 2 is 1.59 bits per heavy atom. The molecule has 0 bridgehead atoms. The monoisotopic (exact) mass is 468 g/mol. The van der Waals surface area contributed by atoms with Gasteiger partial charge >= 0.3 is 0 Å². The summed E-state index contributed by atoms with van der Waals surface area (Å²) in [6, 6.07) is 18.5. The van der Waals surface area contributed by atoms with Gasteiger partial charge in [-0.15, -0.1) is 0 Å². The van der Waals surface area contributed by atoms with Crippen LogP contribution in [-0.2, 0) is 9.59 Å². The quantitative estimate of drug-likeness (QED) is 0.490. The number of halogens is 2. The highest BCUT2D eigenvalue weighted by Crippen LogP contribution is 2.36. The smallest absolute Gasteiger partial charge is 0.282 e. The molecule has 3 aromatic carbocycles. The van der Waals surface area contributed by atoms with Crippen LogP contribution in [0, 0.1) is 0 Å². The SMILES string of the molecule is COc1cccc(N2C(=O)C(Nc3ccc(OC)c(Cl)c3)=C(c3ccc(Cl)cc3)C2=O)c1. The van der Waals surface area contributed by atoms with Crippen molar-refractivity contribution in [2.24, 2.45) is 0 Å². The van der Waals surface area contributed by atoms with Crippen molar-refractivity contribution in [3.8, 4) is 11.5 Å². The summed E-state index contributed by atoms with van der Waals surface area (Å²) in [4.78, 5) is 28.0. The highest BCUT2D eigenvalue weighted by molar-refractivity contribution is 6.46. The molecule has 4 rings (SSSR count). The number of carbonyl (C=O) groups is 2. The lowest BCUT2D eigenvalue weighted by molar-refractivity contribution is -0.120. The van der Waals surface area contributed by atoms with E-state index in [4.69, 9.17) is 32.7 Å². The summed E-state index contributed by atoms with van der Waals surface area (Å²) < 4.78 is 10.4. The first-order valence-electron chi connectivity index (χ1n) is 9.56. The molecule has 8 heteroatoms. The van der Waals surface area contributed by atoms with Crippen molar-refractivity contribution < 1.29 is 19.1 Å². The van der Waals surface area contributed by atoms with Crippen LogP contribution in [0.15, 0.2) is 72.4 Å². The zero-order valence-corrected chi connectivity index (χ0v) is 18.7. The minimum absolute atomic E-state index is 0.126. The van der Waals surface area contributed by atoms with Crippen molar-refractivity contribution in [3.05, 3.63) is 88.0 Å². The second-order valence-corrected chi connectivity index (χ2v) is 7.72. The van der Waals surface area contributed by atoms with Gasteiger partial charge in [0, 0.05) is 16.8 Å². The molecule has 0 spiro atoms. The zero-order valence-electron chi connectivity index (χ0n) is 17.2. The number of nitrogens with zero attached hydrogens (tertiary/aromatic N) is 1. The van der Waals surface area contributed by atoms with Crippen LogP contribution in [0.3, 0.4) is 0 Å². The normalized spacial score (nSPS) is 13.6. The fourth-order valence-electron chi connectivity index (χ4n) is 3.40. The topological polar surface area (TPSA) is 67.9 Å². The maximum Gasteiger partial charge on any atom is 0.282 e. The molecule has 0 aliphatic carbocycles. The fraction of sp³-hybridized carbons (Fsp3) is 0.0833. The summed E-state index contributed by atoms with van der Waals surface area (Å²) in [5, 5.41) is 3.96. The van der Waals surface area contributed by atoms with E-state index in [2.05, 4.69) is 5.32 Å². The number of methoxy groups -OCH3 is 2. The molecule has 1 heterocycles. The molecule has 1 aliphatic rings. The summed E-state index contributed by atoms with van der Waals surface area (Å²) in [5.74, 6) is 0.0586. The van der Waals surface area contributed by atoms with Gasteiger partial charge < -0.3 is 14.8 Å². The van der Waals surface area contributed by atoms with Crippen molar-refractivity contribution in [1.29, 1.82) is 0 Å². The first-order valence-corrected chi connectivity index (χ1v) is 10.3. The summed E-state index contributed by atoms with van der Waals surface area (Å²) in [6.07, 6.45) is 0. The molecule has 0 saturated heterocycles. The Labute approximate surface area is 195 Å². The minimum atomic E-state index is -0.500. The van der Waals surface area contributed by atoms with Crippen molar-refractivity contribution in [2.45, 2.75) is 0 Å². The van der Waals surface area contributed by atoms with Crippen molar-refractivity contribution in [1.82, 2.24) is 0 Å². The second-order valence-electron chi connectivity index (χ2n) is 6.88. The predicted molar refractivity (Wildman–Crippen MR) is 125 cm³/mol. The Balaban J connectivity index is 1.81. The van der Waals surface area contributed by atoms with Gasteiger partial charge in [0.2, 0.25) is 0 Å². The fourth-order valence-corrected chi connectivity index (χ4v) is 3.79. The van der Waals surface area contributed by atoms with Crippen LogP contribution in [0.25, 0.3) is 5.57 Å². The first kappa shape index (κ1) is 21.7. The van der Waals surface area contributed by atoms with E-state index in [1.165, 1.54) is 14.2 Å². The lowest BCUT2D eigenvalue weighted by atomic mass is 10.0. The lowest BCUT2D eigenvalue weighted by Gasteiger charge is -2.16. The van der Waals surface area contributed by atoms with E-state index >= 15 is 0 Å². The number of nitrogens with one attached hydrogen (secondary N) is 1. The Hall–Kier alpha value is -3.48. The molecule has 2 amide bonds. The summed E-state index contributed by atoms with van der Waals surface area (Å²) in [5.41, 5.74) is 1.84. The lowest BCUT2D eigenvalue weighted by Crippen LogP contribution is -2.32. The molecule has 32 heavy (non-hydrogen) atoms. The van der Waals surface area contributed by atoms with E-state index in [-0.39, 0.29) is 11.3 Å². The molecule has 162 valence electrons. The van der Waals surface area contributed by atoms with Crippen LogP contribution < -0.4 is 19.7 Å². The van der Waals surface area contributed by atoms with Crippen molar-refractivity contribution >= 4 is 52.0 Å². The molecule has 0 radical (unpaired) electrons. The molecule has 3 aromatic rings. The number of hydrogen-bond acceptors (Lipinski definition) is 5. The number of imide groups is 1. The van der Waals surface area contributed by atoms with Crippen LogP contribution in [0.2, 0.25) is 10.0 Å². The molecule has 0 saturated carbocycles. The summed E-state index contributed by atoms with van der Waals surface area (Å²) in [6.45, 7) is 0. The summed E-state index contributed by atoms with van der Waals surface area (Å²) in [7, 11) is 3.03. The molecule has 1 N–H and O–H groups in total. The highest BCUT2D eigenvalue weighted by atomic mass is 35.5. The number of amides is 2. The molecular weight excluding hydrogens is 451 g/mol. The third-order valence-electron chi connectivity index (χ3n) is 4.95. The first-order chi connectivity index (χ1) is 15.4. The van der Waals surface area contributed by atoms with Crippen LogP contribution >= 0.6 is 23.2 Å². The Kier molecular flexibility index (Phi) is 6.08. The van der Waals surface area contributed by atoms with Gasteiger partial charge in [-0.25, -0.2) is 4.90 Å². The van der Waals surface area contributed by atoms with E-state index in [0.29, 0.717) is 38.5 Å². The van der Waals surface area contributed by atoms with E-state index in [1.54, 1.807) is 66.7 Å². The van der Waals surface area contributed by atoms with Gasteiger partial charge in [-0.3, -0.25) is 9.59 Å². The molecule has 0 fully saturated rings. The molecule has 0 aromatic heterocycles. The van der Waals surface area contributed by atoms with E-state index in [0.717, 1.165) is 4.90 Å². The number of anilines is 2. The van der Waals surface area contributed by atoms with Crippen molar-refractivity contribution in [3.63, 3.8) is 0 Å². The minimum Gasteiger partial charge on any atom is -0.497 e. The third-order valence-corrected chi connectivity index (χ3v) is 5.50. The van der Waals surface area contributed by atoms with Crippen LogP contribution in [-0.4, -0.2) is 26.0 Å². The summed E-state index contributed by atoms with van der Waals surface area (Å²) >= 11 is 12.3. The van der Waals surface area contributed by atoms with Gasteiger partial charge in [-0.05, 0) is 48.0 Å². The molecule has 0 atom stereocenters. The van der Waals surface area contributed by atoms with E-state index in [1.807, 2.05) is 0 Å². The predicted octanol–water partition coefficient (Wildman–Crippen LogP) is 5.41. The number of carbonyl (C=O) groups excluding carboxylic acids is 2. The van der Waals surface area contributed by atoms with Gasteiger partial charge in [0.05, 0.1) is 30.5 Å². The molecule has 0 unspecified atom stereocenters. The number of hydrogen-bond donors (Lipinski definition) is 1. The largest absolute Gasteiger partial charge is 0.497 e. The maximum absolute atomic E-state index is 13.5. The van der Waals surface area contributed by atoms with Crippen molar-refractivity contribution in [2.75, 3.05) is 24.4 Å². The van der Waals surface area contributed by atoms with E-state index < -0.39 is 11.8 Å². The van der Waals surface area contributed by atoms with Gasteiger partial charge in [-0.1, -0.05) is 41.4 Å². The number of ether oxygens (including phenoxy) is 2. The standard InChI is InChI=1S/C24H18Cl2N2O4/c1-31-18-5-3-4-17(13-18)28-23(29)21(14-6-8-15(25)9-7-14)22(24(28)30)27-16-10-11-20(32-2)19(26)12-16/h3-13,27H,1-2H3. The Morgan fingerprint density at radius 1 is 0.844 bits per heavy atom. The number of benzene rings is 3. The van der Waals surface area contributed by atoms with Crippen LogP contribution in [0.1, 0.15) is 5.56 Å². The average Bonchev–Trinajstić information content (AvgIpc) is 3.04. The van der Waals surface area contributed by atoms with Gasteiger partial charge in [0.25, 0.3) is 11.8 Å². The number of rotatable bonds is 6. The van der Waals surface area contributed by atoms with E-state index in [9.17, 15) is 9.59 Å². The van der Waals surface area contributed by atoms with Gasteiger partial charge in [-0.2, -0.15) is 0 Å². The molecule has 6 nitrogen and oxygen atoms in total. The average molecular weight is 469 g/mol. The zero-order chi connectivity index (χ0) is 22.8.